The van der Waals surface area contributed by atoms with Gasteiger partial charge in [0.2, 0.25) is 76.8 Å². The largest absolute Gasteiger partial charge is 0.508 e. The van der Waals surface area contributed by atoms with Crippen LogP contribution in [0.1, 0.15) is 152 Å². The van der Waals surface area contributed by atoms with E-state index in [1.165, 1.54) is 53.4 Å². The number of phenols is 2. The third kappa shape index (κ3) is 41.5. The molecule has 4 aromatic rings. The van der Waals surface area contributed by atoms with Gasteiger partial charge < -0.3 is 167 Å². The Kier molecular flexibility index (Phi) is 50.6. The average Bonchev–Trinajstić information content (AvgIpc) is 1.66. The number of carbonyl (C=O) groups excluding carboxylic acids is 13. The van der Waals surface area contributed by atoms with Crippen molar-refractivity contribution in [1.82, 2.24) is 100 Å². The van der Waals surface area contributed by atoms with Gasteiger partial charge in [0.1, 0.15) is 90.0 Å². The number of fused-ring (bicyclic) bond motifs is 2. The molecule has 140 heavy (non-hydrogen) atoms. The number of carbonyl (C=O) groups is 14. The molecule has 1 aromatic heterocycles. The number of hydrogen-bond donors (Lipinski definition) is 35. The van der Waals surface area contributed by atoms with Crippen LogP contribution in [-0.4, -0.2) is 293 Å². The van der Waals surface area contributed by atoms with Crippen molar-refractivity contribution in [3.05, 3.63) is 95.7 Å². The normalized spacial score (nSPS) is 20.5. The Balaban J connectivity index is 1.60. The Hall–Kier alpha value is -13.7. The van der Waals surface area contributed by atoms with Crippen molar-refractivity contribution < 1.29 is 82.4 Å². The first-order chi connectivity index (χ1) is 66.9. The first-order valence-corrected chi connectivity index (χ1v) is 49.2. The number of nitrogens with zero attached hydrogens (tertiary/aromatic N) is 1. The molecule has 44 N–H and O–H groups in total. The summed E-state index contributed by atoms with van der Waals surface area (Å²) in [6.45, 7) is 0.408. The summed E-state index contributed by atoms with van der Waals surface area (Å²) < 4.78 is 0. The monoisotopic (exact) mass is 2000 g/mol. The number of phenolic OH excluding ortho intramolecular Hbond substituents is 2. The van der Waals surface area contributed by atoms with Crippen LogP contribution in [-0.2, 0) is 86.4 Å². The Morgan fingerprint density at radius 3 is 1.31 bits per heavy atom. The fraction of sp³-hybridized carbons (Fsp3) is 0.557. The lowest BCUT2D eigenvalue weighted by molar-refractivity contribution is -0.142. The second-order valence-electron chi connectivity index (χ2n) is 34.0. The molecule has 772 valence electrons. The number of rotatable bonds is 47. The number of nitrogens with one attached hydrogen (secondary N) is 23. The molecule has 0 unspecified atom stereocenters. The number of aromatic amines is 1. The Bertz CT molecular complexity index is 4810. The lowest BCUT2D eigenvalue weighted by atomic mass is 10.0. The first kappa shape index (κ1) is 115. The molecule has 0 bridgehead atoms. The number of H-pyrrole nitrogens is 1. The van der Waals surface area contributed by atoms with E-state index in [-0.39, 0.29) is 217 Å². The maximum atomic E-state index is 16.0. The van der Waals surface area contributed by atoms with Crippen molar-refractivity contribution in [2.24, 2.45) is 51.6 Å². The van der Waals surface area contributed by atoms with Gasteiger partial charge in [-0.15, -0.1) is 0 Å². The molecule has 2 aliphatic heterocycles. The number of unbranched alkanes of at least 4 members (excludes halogenated alkanes) is 3. The van der Waals surface area contributed by atoms with Crippen molar-refractivity contribution in [1.29, 1.82) is 27.0 Å². The molecule has 50 nitrogen and oxygen atoms in total. The Labute approximate surface area is 818 Å². The lowest BCUT2D eigenvalue weighted by Crippen LogP contribution is -2.61. The van der Waals surface area contributed by atoms with Crippen LogP contribution in [0.2, 0.25) is 0 Å². The van der Waals surface area contributed by atoms with E-state index in [1.807, 2.05) is 0 Å². The third-order valence-corrected chi connectivity index (χ3v) is 25.3. The van der Waals surface area contributed by atoms with Gasteiger partial charge in [-0.3, -0.25) is 89.4 Å². The van der Waals surface area contributed by atoms with Crippen molar-refractivity contribution in [3.63, 3.8) is 0 Å². The molecule has 3 aromatic carbocycles. The van der Waals surface area contributed by atoms with Crippen LogP contribution in [0.25, 0.3) is 10.9 Å². The molecule has 0 aliphatic carbocycles. The molecule has 6 rings (SSSR count). The van der Waals surface area contributed by atoms with Crippen LogP contribution < -0.4 is 142 Å². The highest BCUT2D eigenvalue weighted by Crippen LogP contribution is 2.27. The van der Waals surface area contributed by atoms with Gasteiger partial charge in [0, 0.05) is 87.1 Å². The van der Waals surface area contributed by atoms with Gasteiger partial charge in [0.25, 0.3) is 0 Å². The number of aromatic nitrogens is 1. The highest BCUT2D eigenvalue weighted by molar-refractivity contribution is 8.76. The summed E-state index contributed by atoms with van der Waals surface area (Å²) in [6, 6.07) is -4.25. The molecule has 3 heterocycles. The van der Waals surface area contributed by atoms with E-state index in [0.717, 1.165) is 21.6 Å². The van der Waals surface area contributed by atoms with Gasteiger partial charge in [-0.1, -0.05) is 64.1 Å². The minimum Gasteiger partial charge on any atom is -0.508 e. The van der Waals surface area contributed by atoms with Gasteiger partial charge in [0.15, 0.2) is 29.8 Å². The summed E-state index contributed by atoms with van der Waals surface area (Å²) in [4.78, 5) is 216. The van der Waals surface area contributed by atoms with E-state index >= 15 is 57.5 Å². The zero-order valence-electron chi connectivity index (χ0n) is 78.4. The number of benzene rings is 3. The average molecular weight is 2000 g/mol. The summed E-state index contributed by atoms with van der Waals surface area (Å²) in [6.07, 6.45) is 1.32. The minimum absolute atomic E-state index is 0.00377. The van der Waals surface area contributed by atoms with Gasteiger partial charge in [-0.25, -0.2) is 4.79 Å². The Morgan fingerprint density at radius 2 is 0.836 bits per heavy atom. The number of amides is 13. The number of aromatic hydroxyl groups is 2. The van der Waals surface area contributed by atoms with Crippen LogP contribution in [0.4, 0.5) is 0 Å². The number of carboxylic acid groups (broad SMARTS) is 1. The summed E-state index contributed by atoms with van der Waals surface area (Å²) in [5.74, 6) is -17.8. The molecule has 0 spiro atoms. The molecule has 14 atom stereocenters. The molecule has 2 saturated heterocycles. The van der Waals surface area contributed by atoms with E-state index in [1.54, 1.807) is 30.5 Å². The second-order valence-corrected chi connectivity index (χ2v) is 36.6. The number of guanidine groups is 5. The highest BCUT2D eigenvalue weighted by atomic mass is 33.1. The summed E-state index contributed by atoms with van der Waals surface area (Å²) in [7, 11) is 1.54. The van der Waals surface area contributed by atoms with Gasteiger partial charge >= 0.3 is 5.97 Å². The van der Waals surface area contributed by atoms with E-state index < -0.39 is 209 Å². The number of hydrogen-bond acceptors (Lipinski definition) is 27. The minimum atomic E-state index is -1.88. The zero-order chi connectivity index (χ0) is 103. The molecule has 2 fully saturated rings. The third-order valence-electron chi connectivity index (χ3n) is 22.9. The predicted molar refractivity (Wildman–Crippen MR) is 529 cm³/mol. The van der Waals surface area contributed by atoms with Crippen molar-refractivity contribution in [2.45, 2.75) is 239 Å². The van der Waals surface area contributed by atoms with Crippen LogP contribution in [0.15, 0.2) is 79.0 Å². The van der Waals surface area contributed by atoms with E-state index in [0.29, 0.717) is 34.9 Å². The number of para-hydroxylation sites is 1. The van der Waals surface area contributed by atoms with Crippen molar-refractivity contribution >= 4 is 145 Å². The molecular formula is C88H141N33O17S2. The SMILES string of the molecule is N=C(N)NCCC[C@H](NC(=O)[C@@H]1CSSC[C@H](NC(=O)[C@H](Cc2c[nH]c3ccccc23)NC(=O)[C@H](CCCNC(=N)N)NC(=O)[C@@H](N)CCCNC(=N)N)C(=O)N[C@@H](Cc2ccc(O)cc2)C(=O)N[C@@H](CCCNC(=N)N)C(=O)N[C@@H](CCCCN)C(=O)N[C@H](CCCCN)C(=O)N2CCC[C@H]2C(=O)N[C@@H](Cc2ccc(O)cc2)C(=O)N[C@@H](CCCNC(=N)N)C(=O)N[C@@H](CCCCN)C(=O)N1)C(=O)O. The number of nitrogens with two attached hydrogens (primary N) is 9. The topological polar surface area (TPSA) is 877 Å². The predicted octanol–water partition coefficient (Wildman–Crippen LogP) is -6.07. The fourth-order valence-electron chi connectivity index (χ4n) is 15.4. The summed E-state index contributed by atoms with van der Waals surface area (Å²) in [5, 5.41) is 117. The fourth-order valence-corrected chi connectivity index (χ4v) is 17.7. The first-order valence-electron chi connectivity index (χ1n) is 46.7. The molecule has 52 heteroatoms. The lowest BCUT2D eigenvalue weighted by Gasteiger charge is -2.31. The van der Waals surface area contributed by atoms with Gasteiger partial charge in [-0.05, 0) is 201 Å². The maximum absolute atomic E-state index is 16.0. The summed E-state index contributed by atoms with van der Waals surface area (Å²) in [5.41, 5.74) is 54.0. The van der Waals surface area contributed by atoms with Crippen LogP contribution in [0.5, 0.6) is 11.5 Å². The molecule has 0 saturated carbocycles. The standard InChI is InChI=1S/C88H141N33O17S2/c89-34-6-3-18-57-73(127)114-62(20-5-8-36-91)82(136)121-42-14-25-69(121)81(135)118-65(44-50-28-32-53(123)33-29-50)77(131)113-61(23-12-40-106-87(99)100)72(126)111-58(19-4-7-35-90)75(129)119-67(79(133)115-63(83(137)138)24-13-41-107-88(101)102)47-139-140-48-68(80(134)116-64(43-49-26-30-52(122)31-27-49)76(130)112-60(71(125)110-57)22-11-39-105-86(97)98)120-78(132)66(45-51-46-108-56-17-2-1-15-54(51)56)117-74(128)59(21-10-38-104-85(95)96)109-70(124)55(92)16-9-37-103-84(93)94/h1-2,15,17,26-33,46,55,57-69,108,122-123H,3-14,16,18-25,34-45,47-48,89-92H2,(H,109,124)(H,110,125)(H,111,126)(H,112,130)(H,113,131)(H,114,127)(H,115,133)(H,116,134)(H,117,128)(H,118,135)(H,119,129)(H,120,132)(H,137,138)(H4,93,94,103)(H4,95,96,104)(H4,97,98,105)(H4,99,100,106)(H4,101,102,107)/t55-,57-,58-,59-,60-,61-,62+,63-,64-,65-,66-,67-,68-,69-/m0/s1. The molecule has 0 radical (unpaired) electrons. The van der Waals surface area contributed by atoms with E-state index in [4.69, 9.17) is 78.6 Å². The number of aliphatic carboxylic acids is 1. The van der Waals surface area contributed by atoms with Gasteiger partial charge in [-0.2, -0.15) is 0 Å². The molecule has 13 amide bonds. The Morgan fingerprint density at radius 1 is 0.436 bits per heavy atom. The van der Waals surface area contributed by atoms with Crippen LogP contribution >= 0.6 is 21.6 Å². The number of carboxylic acids is 1. The molecule has 2 aliphatic rings. The maximum Gasteiger partial charge on any atom is 0.326 e. The molecular weight excluding hydrogens is 1860 g/mol. The van der Waals surface area contributed by atoms with E-state index in [2.05, 4.69) is 95.4 Å². The van der Waals surface area contributed by atoms with Crippen LogP contribution in [0, 0.1) is 27.0 Å². The summed E-state index contributed by atoms with van der Waals surface area (Å²) >= 11 is 0. The van der Waals surface area contributed by atoms with Crippen molar-refractivity contribution in [2.75, 3.05) is 70.4 Å². The zero-order valence-corrected chi connectivity index (χ0v) is 80.0. The highest BCUT2D eigenvalue weighted by Gasteiger charge is 2.43. The van der Waals surface area contributed by atoms with Gasteiger partial charge in [0.05, 0.1) is 6.04 Å². The van der Waals surface area contributed by atoms with E-state index in [9.17, 15) is 24.9 Å². The van der Waals surface area contributed by atoms with Crippen LogP contribution in [0.3, 0.4) is 0 Å². The smallest absolute Gasteiger partial charge is 0.326 e. The quantitative estimate of drug-likeness (QED) is 0.00847. The van der Waals surface area contributed by atoms with Crippen molar-refractivity contribution in [3.8, 4) is 11.5 Å². The second kappa shape index (κ2) is 61.6.